The summed E-state index contributed by atoms with van der Waals surface area (Å²) in [7, 11) is 1.61. The van der Waals surface area contributed by atoms with Crippen LogP contribution in [0.2, 0.25) is 0 Å². The molecule has 0 aliphatic rings. The lowest BCUT2D eigenvalue weighted by Crippen LogP contribution is -2.38. The average Bonchev–Trinajstić information content (AvgIpc) is 2.65. The van der Waals surface area contributed by atoms with Crippen LogP contribution in [0, 0.1) is 0 Å². The van der Waals surface area contributed by atoms with Crippen molar-refractivity contribution in [2.24, 2.45) is 0 Å². The molecule has 0 bridgehead atoms. The summed E-state index contributed by atoms with van der Waals surface area (Å²) in [6.07, 6.45) is 0.701. The lowest BCUT2D eigenvalue weighted by Gasteiger charge is -2.16. The van der Waals surface area contributed by atoms with Gasteiger partial charge in [-0.25, -0.2) is 0 Å². The van der Waals surface area contributed by atoms with Crippen LogP contribution in [0.25, 0.3) is 0 Å². The van der Waals surface area contributed by atoms with E-state index in [0.717, 1.165) is 3.79 Å². The molecule has 3 nitrogen and oxygen atoms in total. The van der Waals surface area contributed by atoms with Crippen molar-refractivity contribution >= 4 is 44.8 Å². The van der Waals surface area contributed by atoms with Crippen LogP contribution in [0.4, 0.5) is 0 Å². The van der Waals surface area contributed by atoms with Gasteiger partial charge in [-0.2, -0.15) is 0 Å². The van der Waals surface area contributed by atoms with Crippen LogP contribution in [-0.4, -0.2) is 31.5 Å². The predicted molar refractivity (Wildman–Crippen MR) is 70.5 cm³/mol. The van der Waals surface area contributed by atoms with Crippen molar-refractivity contribution in [1.29, 1.82) is 0 Å². The fraction of sp³-hybridized carbons (Fsp3) is 0.500. The van der Waals surface area contributed by atoms with Crippen LogP contribution in [0.1, 0.15) is 16.8 Å². The van der Waals surface area contributed by atoms with Crippen molar-refractivity contribution in [2.45, 2.75) is 12.5 Å². The first kappa shape index (κ1) is 14.0. The zero-order valence-electron chi connectivity index (χ0n) is 8.83. The van der Waals surface area contributed by atoms with Crippen LogP contribution in [0.15, 0.2) is 15.2 Å². The van der Waals surface area contributed by atoms with Gasteiger partial charge in [-0.15, -0.1) is 22.9 Å². The lowest BCUT2D eigenvalue weighted by molar-refractivity contribution is 0.0895. The molecule has 0 saturated heterocycles. The fourth-order valence-corrected chi connectivity index (χ4v) is 2.63. The van der Waals surface area contributed by atoms with Gasteiger partial charge in [-0.3, -0.25) is 4.79 Å². The van der Waals surface area contributed by atoms with Crippen LogP contribution in [0.5, 0.6) is 0 Å². The van der Waals surface area contributed by atoms with E-state index in [1.165, 1.54) is 11.3 Å². The summed E-state index contributed by atoms with van der Waals surface area (Å²) in [5, 5.41) is 4.70. The van der Waals surface area contributed by atoms with E-state index >= 15 is 0 Å². The number of hydrogen-bond donors (Lipinski definition) is 1. The van der Waals surface area contributed by atoms with E-state index < -0.39 is 0 Å². The highest BCUT2D eigenvalue weighted by atomic mass is 79.9. The summed E-state index contributed by atoms with van der Waals surface area (Å²) in [5.41, 5.74) is 0.660. The number of amides is 1. The number of hydrogen-bond acceptors (Lipinski definition) is 3. The summed E-state index contributed by atoms with van der Waals surface area (Å²) >= 11 is 10.5. The number of halogens is 2. The molecule has 1 atom stereocenters. The quantitative estimate of drug-likeness (QED) is 0.816. The van der Waals surface area contributed by atoms with Gasteiger partial charge >= 0.3 is 0 Å². The number of alkyl halides is 1. The van der Waals surface area contributed by atoms with E-state index in [1.807, 2.05) is 5.38 Å². The van der Waals surface area contributed by atoms with Gasteiger partial charge < -0.3 is 10.1 Å². The third-order valence-electron chi connectivity index (χ3n) is 1.99. The van der Waals surface area contributed by atoms with Gasteiger partial charge in [0.25, 0.3) is 5.91 Å². The van der Waals surface area contributed by atoms with E-state index in [4.69, 9.17) is 16.3 Å². The van der Waals surface area contributed by atoms with Gasteiger partial charge in [0.2, 0.25) is 0 Å². The van der Waals surface area contributed by atoms with E-state index in [-0.39, 0.29) is 11.9 Å². The Kier molecular flexibility index (Phi) is 6.34. The minimum Gasteiger partial charge on any atom is -0.383 e. The molecule has 6 heteroatoms. The highest BCUT2D eigenvalue weighted by molar-refractivity contribution is 9.11. The van der Waals surface area contributed by atoms with Gasteiger partial charge in [-0.05, 0) is 28.4 Å². The lowest BCUT2D eigenvalue weighted by atomic mass is 10.2. The molecule has 1 N–H and O–H groups in total. The number of nitrogens with one attached hydrogen (secondary N) is 1. The monoisotopic (exact) mass is 325 g/mol. The molecular formula is C10H13BrClNO2S. The SMILES string of the molecule is COCC(CCCl)NC(=O)c1csc(Br)c1. The first-order chi connectivity index (χ1) is 7.67. The van der Waals surface area contributed by atoms with Crippen molar-refractivity contribution in [3.05, 3.63) is 20.8 Å². The second-order valence-electron chi connectivity index (χ2n) is 3.24. The second-order valence-corrected chi connectivity index (χ2v) is 5.91. The minimum absolute atomic E-state index is 0.0336. The molecule has 0 saturated carbocycles. The van der Waals surface area contributed by atoms with Crippen LogP contribution < -0.4 is 5.32 Å². The maximum atomic E-state index is 11.8. The third kappa shape index (κ3) is 4.41. The van der Waals surface area contributed by atoms with E-state index in [2.05, 4.69) is 21.2 Å². The largest absolute Gasteiger partial charge is 0.383 e. The van der Waals surface area contributed by atoms with Gasteiger partial charge in [0, 0.05) is 18.4 Å². The van der Waals surface area contributed by atoms with E-state index in [0.29, 0.717) is 24.5 Å². The smallest absolute Gasteiger partial charge is 0.252 e. The molecule has 1 rings (SSSR count). The molecule has 1 aromatic heterocycles. The Morgan fingerprint density at radius 1 is 1.75 bits per heavy atom. The van der Waals surface area contributed by atoms with E-state index in [1.54, 1.807) is 13.2 Å². The molecule has 1 unspecified atom stereocenters. The molecular weight excluding hydrogens is 314 g/mol. The van der Waals surface area contributed by atoms with Gasteiger partial charge in [0.1, 0.15) is 0 Å². The van der Waals surface area contributed by atoms with Crippen molar-refractivity contribution in [3.63, 3.8) is 0 Å². The molecule has 90 valence electrons. The molecule has 0 radical (unpaired) electrons. The molecule has 0 spiro atoms. The molecule has 0 aromatic carbocycles. The Bertz CT molecular complexity index is 339. The zero-order chi connectivity index (χ0) is 12.0. The van der Waals surface area contributed by atoms with Crippen molar-refractivity contribution in [2.75, 3.05) is 19.6 Å². The summed E-state index contributed by atoms with van der Waals surface area (Å²) in [5.74, 6) is 0.413. The first-order valence-electron chi connectivity index (χ1n) is 4.77. The van der Waals surface area contributed by atoms with Gasteiger partial charge in [0.05, 0.1) is 22.0 Å². The first-order valence-corrected chi connectivity index (χ1v) is 6.98. The van der Waals surface area contributed by atoms with Crippen molar-refractivity contribution < 1.29 is 9.53 Å². The van der Waals surface area contributed by atoms with Crippen LogP contribution in [-0.2, 0) is 4.74 Å². The second kappa shape index (κ2) is 7.27. The molecule has 0 fully saturated rings. The Hall–Kier alpha value is -0.100. The molecule has 0 aliphatic carbocycles. The topological polar surface area (TPSA) is 38.3 Å². The van der Waals surface area contributed by atoms with Gasteiger partial charge in [-0.1, -0.05) is 0 Å². The maximum Gasteiger partial charge on any atom is 0.252 e. The van der Waals surface area contributed by atoms with Crippen molar-refractivity contribution in [1.82, 2.24) is 5.32 Å². The highest BCUT2D eigenvalue weighted by Crippen LogP contribution is 2.20. The molecule has 1 amide bonds. The Morgan fingerprint density at radius 2 is 2.50 bits per heavy atom. The predicted octanol–water partition coefficient (Wildman–Crippen LogP) is 2.88. The average molecular weight is 327 g/mol. The van der Waals surface area contributed by atoms with Crippen LogP contribution >= 0.6 is 38.9 Å². The third-order valence-corrected chi connectivity index (χ3v) is 3.71. The number of methoxy groups -OCH3 is 1. The standard InChI is InChI=1S/C10H13BrClNO2S/c1-15-5-8(2-3-12)13-10(14)7-4-9(11)16-6-7/h4,6,8H,2-3,5H2,1H3,(H,13,14). The summed E-state index contributed by atoms with van der Waals surface area (Å²) in [4.78, 5) is 11.8. The molecule has 0 aliphatic heterocycles. The Morgan fingerprint density at radius 3 is 3.00 bits per heavy atom. The zero-order valence-corrected chi connectivity index (χ0v) is 12.0. The van der Waals surface area contributed by atoms with Gasteiger partial charge in [0.15, 0.2) is 0 Å². The normalized spacial score (nSPS) is 12.4. The molecule has 1 heterocycles. The summed E-state index contributed by atoms with van der Waals surface area (Å²) in [6, 6.07) is 1.76. The number of carbonyl (C=O) groups excluding carboxylic acids is 1. The summed E-state index contributed by atoms with van der Waals surface area (Å²) < 4.78 is 5.96. The highest BCUT2D eigenvalue weighted by Gasteiger charge is 2.14. The maximum absolute atomic E-state index is 11.8. The number of thiophene rings is 1. The van der Waals surface area contributed by atoms with Crippen molar-refractivity contribution in [3.8, 4) is 0 Å². The Labute approximate surface area is 112 Å². The molecule has 1 aromatic rings. The number of ether oxygens (including phenoxy) is 1. The fourth-order valence-electron chi connectivity index (χ4n) is 1.23. The minimum atomic E-state index is -0.0888. The molecule has 16 heavy (non-hydrogen) atoms. The van der Waals surface area contributed by atoms with E-state index in [9.17, 15) is 4.79 Å². The Balaban J connectivity index is 2.54. The number of rotatable bonds is 6. The van der Waals surface area contributed by atoms with Crippen LogP contribution in [0.3, 0.4) is 0 Å². The number of carbonyl (C=O) groups is 1. The summed E-state index contributed by atoms with van der Waals surface area (Å²) in [6.45, 7) is 0.476.